The van der Waals surface area contributed by atoms with Crippen LogP contribution in [0.2, 0.25) is 0 Å². The second-order valence-electron chi connectivity index (χ2n) is 3.80. The van der Waals surface area contributed by atoms with Gasteiger partial charge in [-0.25, -0.2) is 9.63 Å². The van der Waals surface area contributed by atoms with E-state index in [0.717, 1.165) is 19.4 Å². The fourth-order valence-electron chi connectivity index (χ4n) is 2.29. The van der Waals surface area contributed by atoms with Gasteiger partial charge in [0.05, 0.1) is 0 Å². The summed E-state index contributed by atoms with van der Waals surface area (Å²) in [5.74, 6) is -1.04. The van der Waals surface area contributed by atoms with E-state index in [0.29, 0.717) is 6.04 Å². The number of nitrogens with zero attached hydrogens (tertiary/aromatic N) is 1. The normalized spacial score (nSPS) is 43.1. The standard InChI is InChI=1S/C9H11NO3/c11-8-3-4-9(12-8)6-7-2-1-5-10(7)13-9/h3-4,7H,1-2,5-6H2/t7-,9-/m0/s1. The summed E-state index contributed by atoms with van der Waals surface area (Å²) in [5, 5.41) is 1.95. The Morgan fingerprint density at radius 3 is 3.23 bits per heavy atom. The number of ether oxygens (including phenoxy) is 1. The van der Waals surface area contributed by atoms with Gasteiger partial charge in [0.2, 0.25) is 0 Å². The molecule has 0 N–H and O–H groups in total. The highest BCUT2D eigenvalue weighted by atomic mass is 16.8. The summed E-state index contributed by atoms with van der Waals surface area (Å²) in [7, 11) is 0. The highest BCUT2D eigenvalue weighted by Gasteiger charge is 2.50. The fourth-order valence-corrected chi connectivity index (χ4v) is 2.29. The first kappa shape index (κ1) is 7.53. The summed E-state index contributed by atoms with van der Waals surface area (Å²) in [4.78, 5) is 16.5. The van der Waals surface area contributed by atoms with Crippen LogP contribution in [0.1, 0.15) is 19.3 Å². The zero-order chi connectivity index (χ0) is 8.89. The molecule has 0 bridgehead atoms. The SMILES string of the molecule is O=C1C=C[C@]2(C[C@@H]3CCCN3O2)O1. The van der Waals surface area contributed by atoms with Gasteiger partial charge in [0.15, 0.2) is 0 Å². The van der Waals surface area contributed by atoms with Gasteiger partial charge in [-0.05, 0) is 18.9 Å². The van der Waals surface area contributed by atoms with Crippen molar-refractivity contribution in [1.29, 1.82) is 0 Å². The molecule has 0 aliphatic carbocycles. The molecule has 0 aromatic rings. The average molecular weight is 181 g/mol. The summed E-state index contributed by atoms with van der Waals surface area (Å²) < 4.78 is 5.13. The van der Waals surface area contributed by atoms with Crippen molar-refractivity contribution in [3.8, 4) is 0 Å². The molecule has 0 amide bonds. The van der Waals surface area contributed by atoms with E-state index in [1.54, 1.807) is 6.08 Å². The first-order valence-corrected chi connectivity index (χ1v) is 4.65. The lowest BCUT2D eigenvalue weighted by molar-refractivity contribution is -0.260. The molecule has 0 aromatic heterocycles. The molecule has 3 heterocycles. The first-order chi connectivity index (χ1) is 6.27. The molecule has 2 fully saturated rings. The smallest absolute Gasteiger partial charge is 0.333 e. The Kier molecular flexibility index (Phi) is 1.35. The minimum absolute atomic E-state index is 0.291. The summed E-state index contributed by atoms with van der Waals surface area (Å²) in [6.45, 7) is 0.956. The van der Waals surface area contributed by atoms with Crippen LogP contribution in [0.4, 0.5) is 0 Å². The third kappa shape index (κ3) is 1.02. The number of carbonyl (C=O) groups is 1. The van der Waals surface area contributed by atoms with E-state index in [1.165, 1.54) is 12.5 Å². The molecule has 0 aromatic carbocycles. The van der Waals surface area contributed by atoms with E-state index >= 15 is 0 Å². The third-order valence-corrected chi connectivity index (χ3v) is 2.86. The molecule has 2 atom stereocenters. The monoisotopic (exact) mass is 181 g/mol. The number of rotatable bonds is 0. The van der Waals surface area contributed by atoms with E-state index < -0.39 is 5.79 Å². The van der Waals surface area contributed by atoms with Crippen LogP contribution in [0.5, 0.6) is 0 Å². The van der Waals surface area contributed by atoms with Crippen molar-refractivity contribution >= 4 is 5.97 Å². The highest BCUT2D eigenvalue weighted by Crippen LogP contribution is 2.40. The van der Waals surface area contributed by atoms with Crippen molar-refractivity contribution < 1.29 is 14.4 Å². The van der Waals surface area contributed by atoms with Gasteiger partial charge < -0.3 is 4.74 Å². The highest BCUT2D eigenvalue weighted by molar-refractivity contribution is 5.84. The Balaban J connectivity index is 1.82. The minimum atomic E-state index is -0.748. The number of hydrogen-bond acceptors (Lipinski definition) is 4. The number of carbonyl (C=O) groups excluding carboxylic acids is 1. The topological polar surface area (TPSA) is 38.8 Å². The Labute approximate surface area is 76.1 Å². The van der Waals surface area contributed by atoms with E-state index in [9.17, 15) is 4.79 Å². The molecule has 13 heavy (non-hydrogen) atoms. The van der Waals surface area contributed by atoms with Crippen molar-refractivity contribution in [3.05, 3.63) is 12.2 Å². The molecule has 3 aliphatic rings. The van der Waals surface area contributed by atoms with Crippen LogP contribution < -0.4 is 0 Å². The first-order valence-electron chi connectivity index (χ1n) is 4.65. The molecule has 4 nitrogen and oxygen atoms in total. The second kappa shape index (κ2) is 2.33. The summed E-state index contributed by atoms with van der Waals surface area (Å²) in [6.07, 6.45) is 6.29. The lowest BCUT2D eigenvalue weighted by Gasteiger charge is -2.20. The average Bonchev–Trinajstić information content (AvgIpc) is 2.67. The molecular weight excluding hydrogens is 170 g/mol. The molecule has 4 heteroatoms. The lowest BCUT2D eigenvalue weighted by Crippen LogP contribution is -2.30. The fraction of sp³-hybridized carbons (Fsp3) is 0.667. The van der Waals surface area contributed by atoms with Crippen molar-refractivity contribution in [3.63, 3.8) is 0 Å². The number of esters is 1. The van der Waals surface area contributed by atoms with Crippen molar-refractivity contribution in [2.24, 2.45) is 0 Å². The quantitative estimate of drug-likeness (QED) is 0.513. The van der Waals surface area contributed by atoms with Crippen LogP contribution in [0.15, 0.2) is 12.2 Å². The molecule has 0 saturated carbocycles. The zero-order valence-electron chi connectivity index (χ0n) is 7.23. The Morgan fingerprint density at radius 2 is 2.54 bits per heavy atom. The van der Waals surface area contributed by atoms with Gasteiger partial charge in [-0.3, -0.25) is 0 Å². The number of hydrogen-bond donors (Lipinski definition) is 0. The van der Waals surface area contributed by atoms with Gasteiger partial charge >= 0.3 is 5.97 Å². The zero-order valence-corrected chi connectivity index (χ0v) is 7.23. The minimum Gasteiger partial charge on any atom is -0.424 e. The lowest BCUT2D eigenvalue weighted by atomic mass is 10.1. The Morgan fingerprint density at radius 1 is 1.62 bits per heavy atom. The predicted molar refractivity (Wildman–Crippen MR) is 43.4 cm³/mol. The molecule has 0 radical (unpaired) electrons. The van der Waals surface area contributed by atoms with Crippen molar-refractivity contribution in [2.45, 2.75) is 31.1 Å². The summed E-state index contributed by atoms with van der Waals surface area (Å²) in [5.41, 5.74) is 0. The van der Waals surface area contributed by atoms with Crippen LogP contribution in [0, 0.1) is 0 Å². The van der Waals surface area contributed by atoms with Gasteiger partial charge in [-0.2, -0.15) is 5.06 Å². The summed E-state index contributed by atoms with van der Waals surface area (Å²) >= 11 is 0. The maximum absolute atomic E-state index is 10.9. The second-order valence-corrected chi connectivity index (χ2v) is 3.80. The number of fused-ring (bicyclic) bond motifs is 1. The van der Waals surface area contributed by atoms with Gasteiger partial charge in [0.1, 0.15) is 0 Å². The maximum atomic E-state index is 10.9. The Hall–Kier alpha value is -0.870. The third-order valence-electron chi connectivity index (χ3n) is 2.86. The predicted octanol–water partition coefficient (Wildman–Crippen LogP) is 0.595. The van der Waals surface area contributed by atoms with E-state index in [4.69, 9.17) is 9.57 Å². The molecule has 3 aliphatic heterocycles. The van der Waals surface area contributed by atoms with Crippen molar-refractivity contribution in [2.75, 3.05) is 6.54 Å². The van der Waals surface area contributed by atoms with Gasteiger partial charge in [-0.1, -0.05) is 0 Å². The number of hydroxylamine groups is 2. The molecule has 2 saturated heterocycles. The maximum Gasteiger partial charge on any atom is 0.333 e. The van der Waals surface area contributed by atoms with Crippen LogP contribution >= 0.6 is 0 Å². The van der Waals surface area contributed by atoms with Crippen LogP contribution in [0.3, 0.4) is 0 Å². The molecule has 70 valence electrons. The van der Waals surface area contributed by atoms with E-state index in [2.05, 4.69) is 0 Å². The molecule has 1 spiro atoms. The van der Waals surface area contributed by atoms with Gasteiger partial charge in [0, 0.05) is 25.1 Å². The van der Waals surface area contributed by atoms with Gasteiger partial charge in [0.25, 0.3) is 5.79 Å². The van der Waals surface area contributed by atoms with E-state index in [1.807, 2.05) is 5.06 Å². The van der Waals surface area contributed by atoms with E-state index in [-0.39, 0.29) is 5.97 Å². The molecular formula is C9H11NO3. The van der Waals surface area contributed by atoms with Crippen LogP contribution in [0.25, 0.3) is 0 Å². The molecule has 0 unspecified atom stereocenters. The van der Waals surface area contributed by atoms with Gasteiger partial charge in [-0.15, -0.1) is 0 Å². The van der Waals surface area contributed by atoms with Crippen LogP contribution in [-0.4, -0.2) is 29.4 Å². The summed E-state index contributed by atoms with van der Waals surface area (Å²) in [6, 6.07) is 0.440. The molecule has 3 rings (SSSR count). The Bertz CT molecular complexity index is 275. The van der Waals surface area contributed by atoms with Crippen molar-refractivity contribution in [1.82, 2.24) is 5.06 Å². The largest absolute Gasteiger partial charge is 0.424 e. The van der Waals surface area contributed by atoms with Crippen LogP contribution in [-0.2, 0) is 14.4 Å².